The van der Waals surface area contributed by atoms with Crippen molar-refractivity contribution in [3.8, 4) is 0 Å². The summed E-state index contributed by atoms with van der Waals surface area (Å²) in [7, 11) is -8.68. The van der Waals surface area contributed by atoms with Crippen LogP contribution in [0.5, 0.6) is 0 Å². The molecule has 0 unspecified atom stereocenters. The molecule has 0 amide bonds. The Morgan fingerprint density at radius 1 is 0.711 bits per heavy atom. The van der Waals surface area contributed by atoms with Crippen molar-refractivity contribution < 1.29 is 30.5 Å². The normalized spacial score (nSPS) is 18.6. The van der Waals surface area contributed by atoms with Crippen molar-refractivity contribution in [1.82, 2.24) is 0 Å². The third kappa shape index (κ3) is 5.52. The third-order valence-corrected chi connectivity index (χ3v) is 9.99. The van der Waals surface area contributed by atoms with Gasteiger partial charge < -0.3 is 4.90 Å². The Bertz CT molecular complexity index is 2230. The molecule has 0 aromatic heterocycles. The van der Waals surface area contributed by atoms with Crippen LogP contribution in [0.15, 0.2) is 109 Å². The number of benzene rings is 4. The van der Waals surface area contributed by atoms with Crippen LogP contribution in [-0.4, -0.2) is 48.0 Å². The van der Waals surface area contributed by atoms with E-state index in [1.165, 1.54) is 0 Å². The van der Waals surface area contributed by atoms with Gasteiger partial charge in [0, 0.05) is 34.5 Å². The fourth-order valence-electron chi connectivity index (χ4n) is 7.03. The predicted octanol–water partition coefficient (Wildman–Crippen LogP) is 6.85. The first-order chi connectivity index (χ1) is 21.1. The van der Waals surface area contributed by atoms with Crippen LogP contribution in [0.1, 0.15) is 38.8 Å². The van der Waals surface area contributed by atoms with Gasteiger partial charge in [-0.15, -0.1) is 0 Å². The highest BCUT2D eigenvalue weighted by molar-refractivity contribution is 7.86. The van der Waals surface area contributed by atoms with E-state index in [1.54, 1.807) is 27.7 Å². The van der Waals surface area contributed by atoms with Crippen LogP contribution < -0.4 is 4.90 Å². The smallest absolute Gasteiger partial charge is 0.326 e. The minimum absolute atomic E-state index is 0.577. The summed E-state index contributed by atoms with van der Waals surface area (Å²) in [5.41, 5.74) is 3.66. The predicted molar refractivity (Wildman–Crippen MR) is 181 cm³/mol. The third-order valence-electron chi connectivity index (χ3n) is 8.82. The molecule has 10 heteroatoms. The molecule has 45 heavy (non-hydrogen) atoms. The van der Waals surface area contributed by atoms with Gasteiger partial charge in [0.2, 0.25) is 5.69 Å². The largest absolute Gasteiger partial charge is 0.327 e. The van der Waals surface area contributed by atoms with Gasteiger partial charge in [0.25, 0.3) is 16.0 Å². The quantitative estimate of drug-likeness (QED) is 0.129. The van der Waals surface area contributed by atoms with Crippen LogP contribution in [0, 0.1) is 0 Å². The summed E-state index contributed by atoms with van der Waals surface area (Å²) in [5, 5.41) is 4.10. The van der Waals surface area contributed by atoms with Gasteiger partial charge in [-0.2, -0.15) is 21.4 Å². The first-order valence-electron chi connectivity index (χ1n) is 14.5. The molecule has 8 nitrogen and oxygen atoms in total. The molecule has 0 radical (unpaired) electrons. The molecule has 0 spiro atoms. The Morgan fingerprint density at radius 2 is 1.31 bits per heavy atom. The minimum atomic E-state index is -4.34. The van der Waals surface area contributed by atoms with Gasteiger partial charge in [-0.05, 0) is 59.2 Å². The van der Waals surface area contributed by atoms with Crippen molar-refractivity contribution in [2.24, 2.45) is 0 Å². The molecule has 232 valence electrons. The molecule has 2 aliphatic rings. The van der Waals surface area contributed by atoms with E-state index in [9.17, 15) is 25.9 Å². The number of rotatable bonds is 7. The van der Waals surface area contributed by atoms with Crippen LogP contribution in [0.4, 0.5) is 11.4 Å². The molecule has 2 heterocycles. The van der Waals surface area contributed by atoms with Crippen molar-refractivity contribution in [2.45, 2.75) is 38.5 Å². The highest BCUT2D eigenvalue weighted by Crippen LogP contribution is 2.51. The maximum Gasteiger partial charge on any atom is 0.326 e. The molecule has 0 bridgehead atoms. The lowest BCUT2D eigenvalue weighted by molar-refractivity contribution is -0.415. The lowest BCUT2D eigenvalue weighted by atomic mass is 9.79. The molecule has 0 saturated carbocycles. The zero-order valence-electron chi connectivity index (χ0n) is 25.5. The number of hydrogen-bond donors (Lipinski definition) is 2. The maximum atomic E-state index is 12.1. The van der Waals surface area contributed by atoms with E-state index in [1.807, 2.05) is 113 Å². The summed E-state index contributed by atoms with van der Waals surface area (Å²) in [4.78, 5) is 1.63. The molecule has 4 aromatic carbocycles. The molecule has 0 atom stereocenters. The Balaban J connectivity index is 1.40. The first-order valence-corrected chi connectivity index (χ1v) is 17.7. The summed E-state index contributed by atoms with van der Waals surface area (Å²) < 4.78 is 69.7. The minimum Gasteiger partial charge on any atom is -0.327 e. The Labute approximate surface area is 263 Å². The van der Waals surface area contributed by atoms with Crippen molar-refractivity contribution in [1.29, 1.82) is 0 Å². The second kappa shape index (κ2) is 10.8. The molecule has 2 N–H and O–H groups in total. The van der Waals surface area contributed by atoms with Gasteiger partial charge >= 0.3 is 10.1 Å². The zero-order valence-corrected chi connectivity index (χ0v) is 27.1. The molecular formula is C35H35N2O6S2+. The monoisotopic (exact) mass is 643 g/mol. The van der Waals surface area contributed by atoms with Gasteiger partial charge in [0.05, 0.1) is 5.41 Å². The fourth-order valence-corrected chi connectivity index (χ4v) is 8.24. The molecule has 0 fully saturated rings. The van der Waals surface area contributed by atoms with Crippen molar-refractivity contribution in [3.63, 3.8) is 0 Å². The van der Waals surface area contributed by atoms with Gasteiger partial charge in [-0.1, -0.05) is 86.7 Å². The Hall–Kier alpha value is -4.09. The summed E-state index contributed by atoms with van der Waals surface area (Å²) in [5.74, 6) is -1.17. The molecule has 4 aromatic rings. The van der Waals surface area contributed by atoms with Crippen molar-refractivity contribution in [3.05, 3.63) is 120 Å². The van der Waals surface area contributed by atoms with Crippen LogP contribution >= 0.6 is 0 Å². The highest BCUT2D eigenvalue weighted by Gasteiger charge is 2.47. The number of fused-ring (bicyclic) bond motifs is 6. The molecular weight excluding hydrogens is 609 g/mol. The molecule has 6 rings (SSSR count). The molecule has 0 aliphatic carbocycles. The van der Waals surface area contributed by atoms with Crippen molar-refractivity contribution >= 4 is 58.9 Å². The first kappa shape index (κ1) is 30.9. The summed E-state index contributed by atoms with van der Waals surface area (Å²) in [6.07, 6.45) is 9.08. The van der Waals surface area contributed by atoms with Gasteiger partial charge in [-0.3, -0.25) is 9.11 Å². The van der Waals surface area contributed by atoms with E-state index in [2.05, 4.69) is 0 Å². The average Bonchev–Trinajstić information content (AvgIpc) is 3.29. The van der Waals surface area contributed by atoms with Crippen LogP contribution in [0.3, 0.4) is 0 Å². The molecule has 2 aliphatic heterocycles. The fraction of sp³-hybridized carbons (Fsp3) is 0.229. The second-order valence-corrected chi connectivity index (χ2v) is 15.4. The van der Waals surface area contributed by atoms with Crippen molar-refractivity contribution in [2.75, 3.05) is 16.7 Å². The van der Waals surface area contributed by atoms with E-state index in [0.29, 0.717) is 11.4 Å². The van der Waals surface area contributed by atoms with Crippen LogP contribution in [-0.2, 0) is 31.1 Å². The zero-order chi connectivity index (χ0) is 32.4. The summed E-state index contributed by atoms with van der Waals surface area (Å²) in [6.45, 7) is 8.12. The SMILES string of the molecule is CC1(C)C(=CC=CC=CC2=[N+](CS(=O)(=O)O)c3ccc4ccccc4c3C2(C)C)N(CS(=O)(=O)O)c2ccc3ccccc3c21. The van der Waals surface area contributed by atoms with Gasteiger partial charge in [0.1, 0.15) is 0 Å². The number of hydrogen-bond acceptors (Lipinski definition) is 5. The maximum absolute atomic E-state index is 12.1. The second-order valence-electron chi connectivity index (χ2n) is 12.6. The van der Waals surface area contributed by atoms with Crippen LogP contribution in [0.25, 0.3) is 21.5 Å². The van der Waals surface area contributed by atoms with Crippen LogP contribution in [0.2, 0.25) is 0 Å². The topological polar surface area (TPSA) is 115 Å². The Morgan fingerprint density at radius 3 is 1.93 bits per heavy atom. The lowest BCUT2D eigenvalue weighted by Crippen LogP contribution is -2.30. The average molecular weight is 644 g/mol. The molecule has 0 saturated heterocycles. The number of allylic oxidation sites excluding steroid dienone is 6. The number of nitrogens with zero attached hydrogens (tertiary/aromatic N) is 2. The van der Waals surface area contributed by atoms with Gasteiger partial charge in [-0.25, -0.2) is 0 Å². The van der Waals surface area contributed by atoms with Gasteiger partial charge in [0.15, 0.2) is 11.6 Å². The summed E-state index contributed by atoms with van der Waals surface area (Å²) in [6, 6.07) is 23.6. The van der Waals surface area contributed by atoms with E-state index in [0.717, 1.165) is 44.0 Å². The lowest BCUT2D eigenvalue weighted by Gasteiger charge is -2.26. The summed E-state index contributed by atoms with van der Waals surface area (Å²) >= 11 is 0. The highest BCUT2D eigenvalue weighted by atomic mass is 32.2. The van der Waals surface area contributed by atoms with E-state index >= 15 is 0 Å². The van der Waals surface area contributed by atoms with E-state index in [4.69, 9.17) is 0 Å². The number of anilines is 1. The van der Waals surface area contributed by atoms with E-state index in [-0.39, 0.29) is 0 Å². The van der Waals surface area contributed by atoms with E-state index < -0.39 is 42.8 Å². The Kier molecular flexibility index (Phi) is 7.40. The standard InChI is InChI=1S/C35H34N2O6S2/c1-34(2)30(36(22-44(38,39)40)28-20-18-24-12-8-10-14-26(24)32(28)34)16-6-5-7-17-31-35(3,4)33-27-15-11-9-13-25(27)19-21-29(33)37(31)23-45(41,42)43/h5-21H,22-23H2,1-4H3,(H-,38,39,40,41,42,43)/p+1.